The number of benzene rings is 2. The zero-order valence-electron chi connectivity index (χ0n) is 12.8. The summed E-state index contributed by atoms with van der Waals surface area (Å²) >= 11 is 6.20. The van der Waals surface area contributed by atoms with E-state index in [4.69, 9.17) is 21.5 Å². The summed E-state index contributed by atoms with van der Waals surface area (Å²) in [7, 11) is -2.30. The summed E-state index contributed by atoms with van der Waals surface area (Å²) in [6.45, 7) is 0. The molecule has 24 heavy (non-hydrogen) atoms. The second-order valence-corrected chi connectivity index (χ2v) is 7.06. The Hall–Kier alpha value is -2.28. The summed E-state index contributed by atoms with van der Waals surface area (Å²) in [5.41, 5.74) is 2.10. The van der Waals surface area contributed by atoms with Crippen molar-refractivity contribution in [1.29, 1.82) is 0 Å². The van der Waals surface area contributed by atoms with Gasteiger partial charge in [0.15, 0.2) is 0 Å². The van der Waals surface area contributed by atoms with Gasteiger partial charge in [-0.1, -0.05) is 23.7 Å². The van der Waals surface area contributed by atoms with Crippen LogP contribution in [-0.4, -0.2) is 20.1 Å². The Morgan fingerprint density at radius 1 is 1.08 bits per heavy atom. The van der Waals surface area contributed by atoms with Gasteiger partial charge in [0.05, 0.1) is 23.5 Å². The molecule has 0 unspecified atom stereocenters. The second-order valence-electron chi connectivity index (χ2n) is 5.13. The van der Waals surface area contributed by atoms with Gasteiger partial charge in [-0.25, -0.2) is 13.6 Å². The molecule has 0 saturated carbocycles. The van der Waals surface area contributed by atoms with Crippen molar-refractivity contribution < 1.29 is 13.2 Å². The van der Waals surface area contributed by atoms with Crippen LogP contribution < -0.4 is 9.88 Å². The highest BCUT2D eigenvalue weighted by molar-refractivity contribution is 7.89. The van der Waals surface area contributed by atoms with E-state index in [0.29, 0.717) is 16.5 Å². The van der Waals surface area contributed by atoms with Crippen LogP contribution in [0.1, 0.15) is 0 Å². The highest BCUT2D eigenvalue weighted by Crippen LogP contribution is 2.32. The minimum Gasteiger partial charge on any atom is -0.495 e. The SMILES string of the molecule is COc1ccc(-c2cccn2-c2ccccc2S(N)(=O)=O)cc1Cl. The molecule has 3 rings (SSSR count). The number of hydrogen-bond donors (Lipinski definition) is 1. The smallest absolute Gasteiger partial charge is 0.240 e. The first kappa shape index (κ1) is 16.6. The lowest BCUT2D eigenvalue weighted by Gasteiger charge is -2.14. The standard InChI is InChI=1S/C17H15ClN2O3S/c1-23-16-9-8-12(11-13(16)18)14-6-4-10-20(14)15-5-2-3-7-17(15)24(19,21)22/h2-11H,1H3,(H2,19,21,22). The topological polar surface area (TPSA) is 74.3 Å². The molecule has 3 aromatic rings. The minimum atomic E-state index is -3.84. The number of rotatable bonds is 4. The largest absolute Gasteiger partial charge is 0.495 e. The first-order valence-corrected chi connectivity index (χ1v) is 8.97. The van der Waals surface area contributed by atoms with Crippen molar-refractivity contribution in [3.63, 3.8) is 0 Å². The van der Waals surface area contributed by atoms with Gasteiger partial charge in [0.1, 0.15) is 10.6 Å². The lowest BCUT2D eigenvalue weighted by atomic mass is 10.1. The van der Waals surface area contributed by atoms with Crippen LogP contribution in [0.5, 0.6) is 5.75 Å². The molecule has 7 heteroatoms. The number of sulfonamides is 1. The molecule has 0 amide bonds. The fourth-order valence-corrected chi connectivity index (χ4v) is 3.53. The first-order valence-electron chi connectivity index (χ1n) is 7.05. The molecule has 0 spiro atoms. The fourth-order valence-electron chi connectivity index (χ4n) is 2.55. The van der Waals surface area contributed by atoms with Crippen molar-refractivity contribution in [2.45, 2.75) is 4.90 Å². The normalized spacial score (nSPS) is 11.5. The van der Waals surface area contributed by atoms with Crippen LogP contribution in [0.2, 0.25) is 5.02 Å². The Bertz CT molecular complexity index is 997. The number of hydrogen-bond acceptors (Lipinski definition) is 3. The fraction of sp³-hybridized carbons (Fsp3) is 0.0588. The van der Waals surface area contributed by atoms with Gasteiger partial charge in [-0.15, -0.1) is 0 Å². The number of nitrogens with two attached hydrogens (primary N) is 1. The Morgan fingerprint density at radius 2 is 1.83 bits per heavy atom. The highest BCUT2D eigenvalue weighted by Gasteiger charge is 2.17. The average Bonchev–Trinajstić information content (AvgIpc) is 3.03. The summed E-state index contributed by atoms with van der Waals surface area (Å²) in [5, 5.41) is 5.81. The molecule has 0 bridgehead atoms. The van der Waals surface area contributed by atoms with Gasteiger partial charge in [-0.3, -0.25) is 0 Å². The van der Waals surface area contributed by atoms with Crippen LogP contribution in [0.4, 0.5) is 0 Å². The predicted molar refractivity (Wildman–Crippen MR) is 94.1 cm³/mol. The molecule has 0 fully saturated rings. The van der Waals surface area contributed by atoms with Crippen molar-refractivity contribution in [3.05, 3.63) is 65.8 Å². The molecule has 124 valence electrons. The van der Waals surface area contributed by atoms with Crippen molar-refractivity contribution in [2.75, 3.05) is 7.11 Å². The van der Waals surface area contributed by atoms with Crippen LogP contribution in [0.3, 0.4) is 0 Å². The molecular formula is C17H15ClN2O3S. The van der Waals surface area contributed by atoms with Crippen LogP contribution in [0.25, 0.3) is 16.9 Å². The maximum atomic E-state index is 11.9. The number of methoxy groups -OCH3 is 1. The number of para-hydroxylation sites is 1. The summed E-state index contributed by atoms with van der Waals surface area (Å²) in [6.07, 6.45) is 1.78. The minimum absolute atomic E-state index is 0.0575. The zero-order chi connectivity index (χ0) is 17.3. The molecular weight excluding hydrogens is 348 g/mol. The lowest BCUT2D eigenvalue weighted by Crippen LogP contribution is -2.15. The van der Waals surface area contributed by atoms with Crippen LogP contribution in [-0.2, 0) is 10.0 Å². The van der Waals surface area contributed by atoms with E-state index in [2.05, 4.69) is 0 Å². The van der Waals surface area contributed by atoms with Crippen LogP contribution in [0, 0.1) is 0 Å². The van der Waals surface area contributed by atoms with Gasteiger partial charge in [0, 0.05) is 11.8 Å². The van der Waals surface area contributed by atoms with Gasteiger partial charge in [0.2, 0.25) is 10.0 Å². The molecule has 5 nitrogen and oxygen atoms in total. The van der Waals surface area contributed by atoms with Crippen molar-refractivity contribution in [3.8, 4) is 22.7 Å². The highest BCUT2D eigenvalue weighted by atomic mass is 35.5. The zero-order valence-corrected chi connectivity index (χ0v) is 14.4. The lowest BCUT2D eigenvalue weighted by molar-refractivity contribution is 0.415. The van der Waals surface area contributed by atoms with Gasteiger partial charge in [-0.2, -0.15) is 0 Å². The molecule has 2 N–H and O–H groups in total. The number of ether oxygens (including phenoxy) is 1. The molecule has 0 aliphatic carbocycles. The van der Waals surface area contributed by atoms with Gasteiger partial charge < -0.3 is 9.30 Å². The predicted octanol–water partition coefficient (Wildman–Crippen LogP) is 3.45. The number of halogens is 1. The Kier molecular flexibility index (Phi) is 4.36. The Labute approximate surface area is 145 Å². The summed E-state index contributed by atoms with van der Waals surface area (Å²) in [4.78, 5) is 0.0575. The number of nitrogens with zero attached hydrogens (tertiary/aromatic N) is 1. The van der Waals surface area contributed by atoms with E-state index >= 15 is 0 Å². The van der Waals surface area contributed by atoms with E-state index in [9.17, 15) is 8.42 Å². The van der Waals surface area contributed by atoms with E-state index in [-0.39, 0.29) is 4.90 Å². The molecule has 0 saturated heterocycles. The average molecular weight is 363 g/mol. The molecule has 1 heterocycles. The quantitative estimate of drug-likeness (QED) is 0.772. The monoisotopic (exact) mass is 362 g/mol. The number of aromatic nitrogens is 1. The van der Waals surface area contributed by atoms with E-state index in [1.807, 2.05) is 18.2 Å². The van der Waals surface area contributed by atoms with Crippen molar-refractivity contribution in [2.24, 2.45) is 5.14 Å². The Morgan fingerprint density at radius 3 is 2.50 bits per heavy atom. The molecule has 0 atom stereocenters. The molecule has 0 radical (unpaired) electrons. The van der Waals surface area contributed by atoms with Gasteiger partial charge >= 0.3 is 0 Å². The van der Waals surface area contributed by atoms with Gasteiger partial charge in [0.25, 0.3) is 0 Å². The van der Waals surface area contributed by atoms with Crippen LogP contribution in [0.15, 0.2) is 65.7 Å². The molecule has 0 aliphatic heterocycles. The third-order valence-corrected chi connectivity index (χ3v) is 4.88. The summed E-state index contributed by atoms with van der Waals surface area (Å²) in [6, 6.07) is 15.7. The molecule has 2 aromatic carbocycles. The third kappa shape index (κ3) is 3.03. The third-order valence-electron chi connectivity index (χ3n) is 3.63. The first-order chi connectivity index (χ1) is 11.4. The van der Waals surface area contributed by atoms with E-state index < -0.39 is 10.0 Å². The maximum Gasteiger partial charge on any atom is 0.240 e. The van der Waals surface area contributed by atoms with Gasteiger partial charge in [-0.05, 0) is 42.5 Å². The van der Waals surface area contributed by atoms with Crippen molar-refractivity contribution >= 4 is 21.6 Å². The molecule has 1 aromatic heterocycles. The van der Waals surface area contributed by atoms with E-state index in [1.54, 1.807) is 48.2 Å². The Balaban J connectivity index is 2.18. The van der Waals surface area contributed by atoms with Crippen LogP contribution >= 0.6 is 11.6 Å². The summed E-state index contributed by atoms with van der Waals surface area (Å²) in [5.74, 6) is 0.573. The van der Waals surface area contributed by atoms with E-state index in [0.717, 1.165) is 11.3 Å². The second kappa shape index (κ2) is 6.32. The van der Waals surface area contributed by atoms with E-state index in [1.165, 1.54) is 6.07 Å². The number of primary sulfonamides is 1. The van der Waals surface area contributed by atoms with Crippen molar-refractivity contribution in [1.82, 2.24) is 4.57 Å². The maximum absolute atomic E-state index is 11.9. The summed E-state index contributed by atoms with van der Waals surface area (Å²) < 4.78 is 30.6. The molecule has 0 aliphatic rings.